The van der Waals surface area contributed by atoms with Gasteiger partial charge in [-0.05, 0) is 42.8 Å². The van der Waals surface area contributed by atoms with E-state index in [1.165, 1.54) is 12.1 Å². The molecule has 0 fully saturated rings. The van der Waals surface area contributed by atoms with Gasteiger partial charge >= 0.3 is 0 Å². The maximum atomic E-state index is 13.3. The molecule has 2 rings (SSSR count). The Bertz CT molecular complexity index is 585. The van der Waals surface area contributed by atoms with Crippen molar-refractivity contribution in [3.05, 3.63) is 57.7 Å². The van der Waals surface area contributed by atoms with Gasteiger partial charge in [0, 0.05) is 11.6 Å². The average molecular weight is 356 g/mol. The summed E-state index contributed by atoms with van der Waals surface area (Å²) in [7, 11) is 1.63. The van der Waals surface area contributed by atoms with Crippen molar-refractivity contribution in [2.45, 2.75) is 26.0 Å². The summed E-state index contributed by atoms with van der Waals surface area (Å²) in [6, 6.07) is 8.40. The van der Waals surface area contributed by atoms with E-state index in [0.717, 1.165) is 34.5 Å². The second-order valence-electron chi connectivity index (χ2n) is 4.79. The van der Waals surface area contributed by atoms with Gasteiger partial charge in [-0.1, -0.05) is 28.9 Å². The van der Waals surface area contributed by atoms with Crippen molar-refractivity contribution >= 4 is 15.9 Å². The third kappa shape index (κ3) is 4.15. The molecule has 0 saturated carbocycles. The number of ether oxygens (including phenoxy) is 1. The van der Waals surface area contributed by atoms with E-state index < -0.39 is 0 Å². The third-order valence-corrected chi connectivity index (χ3v) is 3.81. The van der Waals surface area contributed by atoms with E-state index in [9.17, 15) is 4.39 Å². The highest BCUT2D eigenvalue weighted by Crippen LogP contribution is 2.30. The van der Waals surface area contributed by atoms with E-state index in [0.29, 0.717) is 6.61 Å². The number of halogens is 2. The minimum atomic E-state index is -0.264. The summed E-state index contributed by atoms with van der Waals surface area (Å²) in [5, 5.41) is 3.43. The fourth-order valence-corrected chi connectivity index (χ4v) is 2.74. The number of benzene rings is 1. The summed E-state index contributed by atoms with van der Waals surface area (Å²) in [4.78, 5) is 0. The van der Waals surface area contributed by atoms with Crippen molar-refractivity contribution in [1.29, 1.82) is 0 Å². The Morgan fingerprint density at radius 1 is 1.33 bits per heavy atom. The van der Waals surface area contributed by atoms with Crippen molar-refractivity contribution < 1.29 is 13.5 Å². The van der Waals surface area contributed by atoms with Gasteiger partial charge in [0.2, 0.25) is 0 Å². The number of furan rings is 1. The van der Waals surface area contributed by atoms with E-state index in [4.69, 9.17) is 9.15 Å². The normalized spacial score (nSPS) is 12.6. The molecule has 1 N–H and O–H groups in total. The van der Waals surface area contributed by atoms with Crippen LogP contribution in [0.25, 0.3) is 0 Å². The van der Waals surface area contributed by atoms with Crippen LogP contribution in [-0.4, -0.2) is 13.7 Å². The van der Waals surface area contributed by atoms with Gasteiger partial charge < -0.3 is 14.5 Å². The van der Waals surface area contributed by atoms with Crippen molar-refractivity contribution in [3.63, 3.8) is 0 Å². The highest BCUT2D eigenvalue weighted by Gasteiger charge is 2.20. The summed E-state index contributed by atoms with van der Waals surface area (Å²) >= 11 is 3.43. The summed E-state index contributed by atoms with van der Waals surface area (Å²) in [5.74, 6) is 1.30. The van der Waals surface area contributed by atoms with Crippen LogP contribution in [-0.2, 0) is 11.3 Å². The molecule has 1 aromatic carbocycles. The number of methoxy groups -OCH3 is 1. The van der Waals surface area contributed by atoms with Crippen LogP contribution in [0.1, 0.15) is 36.5 Å². The first-order valence-electron chi connectivity index (χ1n) is 6.91. The molecule has 3 nitrogen and oxygen atoms in total. The number of hydrogen-bond acceptors (Lipinski definition) is 3. The van der Waals surface area contributed by atoms with Crippen molar-refractivity contribution in [2.24, 2.45) is 0 Å². The second-order valence-corrected chi connectivity index (χ2v) is 5.64. The highest BCUT2D eigenvalue weighted by atomic mass is 79.9. The van der Waals surface area contributed by atoms with Crippen molar-refractivity contribution in [3.8, 4) is 0 Å². The van der Waals surface area contributed by atoms with Gasteiger partial charge in [-0.2, -0.15) is 0 Å². The van der Waals surface area contributed by atoms with Crippen LogP contribution in [0.2, 0.25) is 0 Å². The number of nitrogens with one attached hydrogen (secondary N) is 1. The Morgan fingerprint density at radius 3 is 2.81 bits per heavy atom. The van der Waals surface area contributed by atoms with Crippen molar-refractivity contribution in [1.82, 2.24) is 5.32 Å². The topological polar surface area (TPSA) is 34.4 Å². The maximum Gasteiger partial charge on any atom is 0.129 e. The zero-order valence-corrected chi connectivity index (χ0v) is 13.7. The van der Waals surface area contributed by atoms with Gasteiger partial charge in [-0.3, -0.25) is 0 Å². The van der Waals surface area contributed by atoms with Gasteiger partial charge in [0.15, 0.2) is 0 Å². The Labute approximate surface area is 132 Å². The molecule has 21 heavy (non-hydrogen) atoms. The predicted octanol–water partition coefficient (Wildman–Crippen LogP) is 4.42. The van der Waals surface area contributed by atoms with E-state index in [1.54, 1.807) is 13.2 Å². The highest BCUT2D eigenvalue weighted by molar-refractivity contribution is 9.10. The number of rotatable bonds is 7. The van der Waals surface area contributed by atoms with E-state index in [2.05, 4.69) is 28.2 Å². The zero-order valence-electron chi connectivity index (χ0n) is 12.2. The van der Waals surface area contributed by atoms with E-state index in [1.807, 2.05) is 12.1 Å². The number of hydrogen-bond donors (Lipinski definition) is 1. The first-order chi connectivity index (χ1) is 10.2. The van der Waals surface area contributed by atoms with Gasteiger partial charge in [0.05, 0.1) is 6.04 Å². The maximum absolute atomic E-state index is 13.3. The summed E-state index contributed by atoms with van der Waals surface area (Å²) < 4.78 is 24.9. The molecule has 0 aliphatic heterocycles. The largest absolute Gasteiger partial charge is 0.462 e. The quantitative estimate of drug-likeness (QED) is 0.798. The Morgan fingerprint density at radius 2 is 2.14 bits per heavy atom. The predicted molar refractivity (Wildman–Crippen MR) is 83.7 cm³/mol. The lowest BCUT2D eigenvalue weighted by Gasteiger charge is -2.18. The molecule has 1 aromatic heterocycles. The summed E-state index contributed by atoms with van der Waals surface area (Å²) in [6.07, 6.45) is 1.00. The van der Waals surface area contributed by atoms with Crippen molar-refractivity contribution in [2.75, 3.05) is 13.7 Å². The Balaban J connectivity index is 2.32. The van der Waals surface area contributed by atoms with Gasteiger partial charge in [-0.25, -0.2) is 4.39 Å². The lowest BCUT2D eigenvalue weighted by Crippen LogP contribution is -2.23. The molecular weight excluding hydrogens is 337 g/mol. The monoisotopic (exact) mass is 355 g/mol. The second kappa shape index (κ2) is 7.73. The smallest absolute Gasteiger partial charge is 0.129 e. The van der Waals surface area contributed by atoms with Crippen LogP contribution in [0.5, 0.6) is 0 Å². The van der Waals surface area contributed by atoms with Crippen LogP contribution < -0.4 is 5.32 Å². The molecule has 0 radical (unpaired) electrons. The van der Waals surface area contributed by atoms with Gasteiger partial charge in [-0.15, -0.1) is 0 Å². The SMILES string of the molecule is CCCNC(c1ccc(COC)o1)c1ccc(F)cc1Br. The Hall–Kier alpha value is -1.17. The molecule has 1 atom stereocenters. The van der Waals surface area contributed by atoms with E-state index >= 15 is 0 Å². The first kappa shape index (κ1) is 16.2. The summed E-state index contributed by atoms with van der Waals surface area (Å²) in [6.45, 7) is 3.38. The van der Waals surface area contributed by atoms with E-state index in [-0.39, 0.29) is 11.9 Å². The molecule has 0 aliphatic rings. The molecule has 1 heterocycles. The first-order valence-corrected chi connectivity index (χ1v) is 7.71. The minimum absolute atomic E-state index is 0.120. The zero-order chi connectivity index (χ0) is 15.2. The van der Waals surface area contributed by atoms with Gasteiger partial charge in [0.1, 0.15) is 23.9 Å². The molecule has 0 saturated heterocycles. The Kier molecular flexibility index (Phi) is 5.96. The molecular formula is C16H19BrFNO2. The van der Waals surface area contributed by atoms with Crippen LogP contribution in [0.4, 0.5) is 4.39 Å². The molecule has 5 heteroatoms. The standard InChI is InChI=1S/C16H19BrFNO2/c1-3-8-19-16(13-6-4-11(18)9-14(13)17)15-7-5-12(21-15)10-20-2/h4-7,9,16,19H,3,8,10H2,1-2H3. The minimum Gasteiger partial charge on any atom is -0.462 e. The molecule has 2 aromatic rings. The fraction of sp³-hybridized carbons (Fsp3) is 0.375. The molecule has 0 bridgehead atoms. The third-order valence-electron chi connectivity index (χ3n) is 3.13. The van der Waals surface area contributed by atoms with Crippen LogP contribution in [0.3, 0.4) is 0 Å². The van der Waals surface area contributed by atoms with Crippen LogP contribution in [0.15, 0.2) is 39.2 Å². The lowest BCUT2D eigenvalue weighted by atomic mass is 10.0. The molecule has 114 valence electrons. The van der Waals surface area contributed by atoms with Crippen LogP contribution in [0, 0.1) is 5.82 Å². The summed E-state index contributed by atoms with van der Waals surface area (Å²) in [5.41, 5.74) is 0.947. The van der Waals surface area contributed by atoms with Gasteiger partial charge in [0.25, 0.3) is 0 Å². The average Bonchev–Trinajstić information content (AvgIpc) is 2.90. The fourth-order valence-electron chi connectivity index (χ4n) is 2.16. The van der Waals surface area contributed by atoms with Crippen LogP contribution >= 0.6 is 15.9 Å². The molecule has 1 unspecified atom stereocenters. The molecule has 0 spiro atoms. The lowest BCUT2D eigenvalue weighted by molar-refractivity contribution is 0.162. The molecule has 0 aliphatic carbocycles. The molecule has 0 amide bonds.